The summed E-state index contributed by atoms with van der Waals surface area (Å²) in [5.41, 5.74) is 5.16. The number of hydrogen-bond donors (Lipinski definition) is 1. The monoisotopic (exact) mass is 251 g/mol. The first-order valence-corrected chi connectivity index (χ1v) is 5.17. The van der Waals surface area contributed by atoms with Crippen LogP contribution < -0.4 is 10.5 Å². The number of carbonyl (C=O) groups excluding carboxylic acids is 3. The summed E-state index contributed by atoms with van der Waals surface area (Å²) in [6, 6.07) is 6.07. The van der Waals surface area contributed by atoms with Gasteiger partial charge in [0.25, 0.3) is 5.91 Å². The molecule has 0 aliphatic carbocycles. The minimum absolute atomic E-state index is 0.234. The zero-order valence-corrected chi connectivity index (χ0v) is 9.84. The van der Waals surface area contributed by atoms with Gasteiger partial charge in [-0.1, -0.05) is 6.07 Å². The van der Waals surface area contributed by atoms with Gasteiger partial charge in [0, 0.05) is 0 Å². The fourth-order valence-corrected chi connectivity index (χ4v) is 1.12. The van der Waals surface area contributed by atoms with Crippen molar-refractivity contribution < 1.29 is 23.9 Å². The molecule has 96 valence electrons. The van der Waals surface area contributed by atoms with Crippen LogP contribution in [0.3, 0.4) is 0 Å². The van der Waals surface area contributed by atoms with Crippen LogP contribution in [-0.4, -0.2) is 30.9 Å². The number of amides is 1. The van der Waals surface area contributed by atoms with Crippen molar-refractivity contribution in [3.63, 3.8) is 0 Å². The molecule has 0 bridgehead atoms. The van der Waals surface area contributed by atoms with Crippen molar-refractivity contribution in [1.29, 1.82) is 0 Å². The van der Waals surface area contributed by atoms with Crippen LogP contribution in [-0.2, 0) is 14.3 Å². The molecule has 0 aliphatic rings. The number of esters is 1. The van der Waals surface area contributed by atoms with E-state index < -0.39 is 11.9 Å². The van der Waals surface area contributed by atoms with Crippen molar-refractivity contribution in [2.45, 2.75) is 6.92 Å². The summed E-state index contributed by atoms with van der Waals surface area (Å²) in [5.74, 6) is -1.16. The van der Waals surface area contributed by atoms with E-state index in [1.54, 1.807) is 12.1 Å². The van der Waals surface area contributed by atoms with Gasteiger partial charge in [0.15, 0.2) is 12.4 Å². The molecule has 1 aromatic carbocycles. The first-order chi connectivity index (χ1) is 8.49. The van der Waals surface area contributed by atoms with Crippen molar-refractivity contribution in [3.05, 3.63) is 29.8 Å². The second kappa shape index (κ2) is 6.39. The Hall–Kier alpha value is -2.37. The van der Waals surface area contributed by atoms with Crippen LogP contribution in [0.4, 0.5) is 0 Å². The molecule has 18 heavy (non-hydrogen) atoms. The van der Waals surface area contributed by atoms with Crippen LogP contribution in [0.25, 0.3) is 0 Å². The molecular weight excluding hydrogens is 238 g/mol. The summed E-state index contributed by atoms with van der Waals surface area (Å²) >= 11 is 0. The lowest BCUT2D eigenvalue weighted by molar-refractivity contribution is -0.120. The number of carbonyl (C=O) groups is 3. The molecule has 1 rings (SSSR count). The van der Waals surface area contributed by atoms with E-state index in [0.717, 1.165) is 0 Å². The first-order valence-electron chi connectivity index (χ1n) is 5.17. The Morgan fingerprint density at radius 2 is 1.94 bits per heavy atom. The topological polar surface area (TPSA) is 95.7 Å². The van der Waals surface area contributed by atoms with Gasteiger partial charge in [0.05, 0.1) is 5.56 Å². The second-order valence-electron chi connectivity index (χ2n) is 3.56. The molecule has 1 amide bonds. The van der Waals surface area contributed by atoms with Crippen molar-refractivity contribution in [1.82, 2.24) is 0 Å². The predicted molar refractivity (Wildman–Crippen MR) is 62.1 cm³/mol. The highest BCUT2D eigenvalue weighted by Gasteiger charge is 2.09. The lowest BCUT2D eigenvalue weighted by Gasteiger charge is -2.06. The highest BCUT2D eigenvalue weighted by molar-refractivity contribution is 5.91. The number of rotatable bonds is 6. The van der Waals surface area contributed by atoms with Crippen molar-refractivity contribution >= 4 is 17.7 Å². The number of ether oxygens (including phenoxy) is 2. The number of Topliss-reactive ketones (excluding diaryl/α,β-unsaturated/α-hetero) is 1. The summed E-state index contributed by atoms with van der Waals surface area (Å²) in [7, 11) is 0. The zero-order chi connectivity index (χ0) is 13.5. The second-order valence-corrected chi connectivity index (χ2v) is 3.56. The van der Waals surface area contributed by atoms with E-state index in [-0.39, 0.29) is 24.6 Å². The Balaban J connectivity index is 2.66. The van der Waals surface area contributed by atoms with Gasteiger partial charge in [-0.3, -0.25) is 9.59 Å². The van der Waals surface area contributed by atoms with Crippen molar-refractivity contribution in [2.24, 2.45) is 5.73 Å². The quantitative estimate of drug-likeness (QED) is 0.733. The highest BCUT2D eigenvalue weighted by Crippen LogP contribution is 2.14. The molecule has 0 saturated heterocycles. The Morgan fingerprint density at radius 1 is 1.22 bits per heavy atom. The summed E-state index contributed by atoms with van der Waals surface area (Å²) in [5, 5.41) is 0. The molecule has 0 fully saturated rings. The summed E-state index contributed by atoms with van der Waals surface area (Å²) < 4.78 is 9.77. The summed E-state index contributed by atoms with van der Waals surface area (Å²) in [4.78, 5) is 32.7. The number of nitrogens with two attached hydrogens (primary N) is 1. The molecule has 0 unspecified atom stereocenters. The van der Waals surface area contributed by atoms with Crippen molar-refractivity contribution in [3.8, 4) is 5.75 Å². The van der Waals surface area contributed by atoms with Gasteiger partial charge < -0.3 is 15.2 Å². The molecular formula is C12H13NO5. The Labute approximate surface area is 104 Å². The SMILES string of the molecule is CC(=O)COC(=O)c1cccc(OCC(N)=O)c1. The van der Waals surface area contributed by atoms with Gasteiger partial charge in [0.1, 0.15) is 12.4 Å². The molecule has 0 saturated carbocycles. The van der Waals surface area contributed by atoms with Crippen LogP contribution in [0.1, 0.15) is 17.3 Å². The fraction of sp³-hybridized carbons (Fsp3) is 0.250. The number of ketones is 1. The lowest BCUT2D eigenvalue weighted by Crippen LogP contribution is -2.20. The first kappa shape index (κ1) is 13.7. The van der Waals surface area contributed by atoms with E-state index in [2.05, 4.69) is 0 Å². The molecule has 0 aliphatic heterocycles. The van der Waals surface area contributed by atoms with Crippen LogP contribution in [0.5, 0.6) is 5.75 Å². The number of primary amides is 1. The third-order valence-electron chi connectivity index (χ3n) is 1.86. The summed E-state index contributed by atoms with van der Waals surface area (Å²) in [6.45, 7) is 0.775. The van der Waals surface area contributed by atoms with Gasteiger partial charge in [0.2, 0.25) is 0 Å². The molecule has 0 heterocycles. The maximum atomic E-state index is 11.5. The highest BCUT2D eigenvalue weighted by atomic mass is 16.5. The maximum absolute atomic E-state index is 11.5. The lowest BCUT2D eigenvalue weighted by atomic mass is 10.2. The zero-order valence-electron chi connectivity index (χ0n) is 9.84. The maximum Gasteiger partial charge on any atom is 0.338 e. The van der Waals surface area contributed by atoms with E-state index >= 15 is 0 Å². The molecule has 6 nitrogen and oxygen atoms in total. The Bertz CT molecular complexity index is 469. The Kier molecular flexibility index (Phi) is 4.86. The number of hydrogen-bond acceptors (Lipinski definition) is 5. The van der Waals surface area contributed by atoms with Crippen molar-refractivity contribution in [2.75, 3.05) is 13.2 Å². The molecule has 6 heteroatoms. The molecule has 2 N–H and O–H groups in total. The molecule has 0 aromatic heterocycles. The van der Waals surface area contributed by atoms with E-state index in [1.807, 2.05) is 0 Å². The van der Waals surface area contributed by atoms with E-state index in [4.69, 9.17) is 15.2 Å². The molecule has 0 spiro atoms. The average molecular weight is 251 g/mol. The van der Waals surface area contributed by atoms with Crippen LogP contribution in [0, 0.1) is 0 Å². The van der Waals surface area contributed by atoms with E-state index in [1.165, 1.54) is 19.1 Å². The van der Waals surface area contributed by atoms with E-state index in [0.29, 0.717) is 5.75 Å². The third kappa shape index (κ3) is 4.65. The smallest absolute Gasteiger partial charge is 0.338 e. The minimum Gasteiger partial charge on any atom is -0.484 e. The van der Waals surface area contributed by atoms with Gasteiger partial charge >= 0.3 is 5.97 Å². The largest absolute Gasteiger partial charge is 0.484 e. The van der Waals surface area contributed by atoms with E-state index in [9.17, 15) is 14.4 Å². The van der Waals surface area contributed by atoms with Crippen LogP contribution in [0.15, 0.2) is 24.3 Å². The average Bonchev–Trinajstić information content (AvgIpc) is 2.33. The standard InChI is InChI=1S/C12H13NO5/c1-8(14)6-18-12(16)9-3-2-4-10(5-9)17-7-11(13)15/h2-5H,6-7H2,1H3,(H2,13,15). The minimum atomic E-state index is -0.630. The molecule has 0 atom stereocenters. The van der Waals surface area contributed by atoms with Gasteiger partial charge in [-0.05, 0) is 25.1 Å². The third-order valence-corrected chi connectivity index (χ3v) is 1.86. The fourth-order valence-electron chi connectivity index (χ4n) is 1.12. The molecule has 1 aromatic rings. The van der Waals surface area contributed by atoms with Gasteiger partial charge in [-0.25, -0.2) is 4.79 Å². The molecule has 0 radical (unpaired) electrons. The summed E-state index contributed by atoms with van der Waals surface area (Å²) in [6.07, 6.45) is 0. The van der Waals surface area contributed by atoms with Crippen LogP contribution in [0.2, 0.25) is 0 Å². The van der Waals surface area contributed by atoms with Gasteiger partial charge in [-0.15, -0.1) is 0 Å². The van der Waals surface area contributed by atoms with Gasteiger partial charge in [-0.2, -0.15) is 0 Å². The predicted octanol–water partition coefficient (Wildman–Crippen LogP) is 0.297. The normalized spacial score (nSPS) is 9.61. The number of benzene rings is 1. The van der Waals surface area contributed by atoms with Crippen LogP contribution >= 0.6 is 0 Å². The Morgan fingerprint density at radius 3 is 2.56 bits per heavy atom.